The van der Waals surface area contributed by atoms with Gasteiger partial charge in [-0.05, 0) is 55.2 Å². The molecule has 0 bridgehead atoms. The summed E-state index contributed by atoms with van der Waals surface area (Å²) < 4.78 is 17.7. The van der Waals surface area contributed by atoms with Crippen molar-refractivity contribution in [3.05, 3.63) is 33.2 Å². The maximum absolute atomic E-state index is 12.4. The van der Waals surface area contributed by atoms with Crippen molar-refractivity contribution < 1.29 is 19.0 Å². The molecule has 0 aromatic heterocycles. The maximum Gasteiger partial charge on any atom is 0.308 e. The highest BCUT2D eigenvalue weighted by Crippen LogP contribution is 2.52. The van der Waals surface area contributed by atoms with Crippen LogP contribution in [0.15, 0.2) is 33.2 Å². The minimum atomic E-state index is -0.318. The Labute approximate surface area is 188 Å². The Morgan fingerprint density at radius 1 is 1.40 bits per heavy atom. The predicted octanol–water partition coefficient (Wildman–Crippen LogP) is 4.53. The molecule has 0 saturated carbocycles. The van der Waals surface area contributed by atoms with Gasteiger partial charge in [0.25, 0.3) is 0 Å². The zero-order valence-electron chi connectivity index (χ0n) is 18.2. The number of methoxy groups -OCH3 is 1. The van der Waals surface area contributed by atoms with E-state index in [4.69, 9.17) is 25.8 Å². The minimum absolute atomic E-state index is 0.0119. The molecule has 3 aliphatic heterocycles. The Balaban J connectivity index is 1.72. The van der Waals surface area contributed by atoms with Crippen molar-refractivity contribution in [2.24, 2.45) is 11.8 Å². The molecule has 0 spiro atoms. The van der Waals surface area contributed by atoms with Crippen LogP contribution in [0.5, 0.6) is 0 Å². The van der Waals surface area contributed by atoms with E-state index in [1.165, 1.54) is 10.5 Å². The largest absolute Gasteiger partial charge is 0.466 e. The summed E-state index contributed by atoms with van der Waals surface area (Å²) in [4.78, 5) is 13.8. The Morgan fingerprint density at radius 3 is 2.87 bits per heavy atom. The molecule has 1 aliphatic carbocycles. The van der Waals surface area contributed by atoms with Gasteiger partial charge in [0.05, 0.1) is 31.3 Å². The molecule has 30 heavy (non-hydrogen) atoms. The molecule has 166 valence electrons. The SMILES string of the molecule is CCOC(=O)CC1OC(C2CC=C(Cl)CC2)C2=C(SC(C)C2C)C2NC(OC)C=C12. The van der Waals surface area contributed by atoms with Gasteiger partial charge in [0.2, 0.25) is 0 Å². The first-order chi connectivity index (χ1) is 14.4. The molecular formula is C23H32ClNO4S. The summed E-state index contributed by atoms with van der Waals surface area (Å²) in [5, 5.41) is 5.05. The van der Waals surface area contributed by atoms with E-state index in [0.29, 0.717) is 23.7 Å². The van der Waals surface area contributed by atoms with Crippen LogP contribution in [0.25, 0.3) is 0 Å². The first kappa shape index (κ1) is 22.4. The van der Waals surface area contributed by atoms with Crippen molar-refractivity contribution in [2.45, 2.75) is 76.2 Å². The molecule has 0 radical (unpaired) electrons. The smallest absolute Gasteiger partial charge is 0.308 e. The van der Waals surface area contributed by atoms with E-state index < -0.39 is 0 Å². The van der Waals surface area contributed by atoms with E-state index in [1.807, 2.05) is 18.7 Å². The molecule has 3 heterocycles. The van der Waals surface area contributed by atoms with Gasteiger partial charge < -0.3 is 14.2 Å². The topological polar surface area (TPSA) is 56.8 Å². The lowest BCUT2D eigenvalue weighted by molar-refractivity contribution is -0.146. The second-order valence-corrected chi connectivity index (χ2v) is 10.5. The van der Waals surface area contributed by atoms with Crippen molar-refractivity contribution in [3.63, 3.8) is 0 Å². The van der Waals surface area contributed by atoms with E-state index in [0.717, 1.165) is 29.9 Å². The highest BCUT2D eigenvalue weighted by Gasteiger charge is 2.48. The molecule has 0 saturated heterocycles. The summed E-state index contributed by atoms with van der Waals surface area (Å²) >= 11 is 8.21. The molecule has 0 aromatic rings. The van der Waals surface area contributed by atoms with Gasteiger partial charge in [-0.2, -0.15) is 0 Å². The number of esters is 1. The summed E-state index contributed by atoms with van der Waals surface area (Å²) in [6.07, 6.45) is 6.76. The third-order valence-corrected chi connectivity index (χ3v) is 8.64. The van der Waals surface area contributed by atoms with E-state index in [-0.39, 0.29) is 36.9 Å². The summed E-state index contributed by atoms with van der Waals surface area (Å²) in [6.45, 7) is 6.81. The average Bonchev–Trinajstić information content (AvgIpc) is 3.24. The molecule has 0 amide bonds. The molecule has 5 nitrogen and oxygen atoms in total. The van der Waals surface area contributed by atoms with Crippen molar-refractivity contribution >= 4 is 29.3 Å². The fourth-order valence-electron chi connectivity index (χ4n) is 5.05. The van der Waals surface area contributed by atoms with Crippen LogP contribution in [-0.4, -0.2) is 49.4 Å². The maximum atomic E-state index is 12.4. The second kappa shape index (κ2) is 9.37. The van der Waals surface area contributed by atoms with Gasteiger partial charge in [-0.25, -0.2) is 0 Å². The van der Waals surface area contributed by atoms with Gasteiger partial charge in [0, 0.05) is 22.3 Å². The normalized spacial score (nSPS) is 38.5. The van der Waals surface area contributed by atoms with Crippen LogP contribution in [0.3, 0.4) is 0 Å². The van der Waals surface area contributed by atoms with Crippen LogP contribution in [0.2, 0.25) is 0 Å². The number of nitrogens with one attached hydrogen (secondary N) is 1. The molecule has 4 rings (SSSR count). The van der Waals surface area contributed by atoms with Gasteiger partial charge in [0.1, 0.15) is 6.23 Å². The first-order valence-electron chi connectivity index (χ1n) is 11.0. The lowest BCUT2D eigenvalue weighted by atomic mass is 9.80. The van der Waals surface area contributed by atoms with Gasteiger partial charge >= 0.3 is 5.97 Å². The molecule has 7 unspecified atom stereocenters. The monoisotopic (exact) mass is 453 g/mol. The molecule has 0 fully saturated rings. The third-order valence-electron chi connectivity index (χ3n) is 6.79. The molecule has 1 N–H and O–H groups in total. The Bertz CT molecular complexity index is 779. The van der Waals surface area contributed by atoms with E-state index in [1.54, 1.807) is 7.11 Å². The predicted molar refractivity (Wildman–Crippen MR) is 120 cm³/mol. The van der Waals surface area contributed by atoms with E-state index in [2.05, 4.69) is 31.3 Å². The quantitative estimate of drug-likeness (QED) is 0.487. The second-order valence-electron chi connectivity index (χ2n) is 8.59. The fraction of sp³-hybridized carbons (Fsp3) is 0.696. The number of thioether (sulfide) groups is 1. The number of carbonyl (C=O) groups excluding carboxylic acids is 1. The highest BCUT2D eigenvalue weighted by atomic mass is 35.5. The van der Waals surface area contributed by atoms with E-state index >= 15 is 0 Å². The van der Waals surface area contributed by atoms with E-state index in [9.17, 15) is 4.79 Å². The van der Waals surface area contributed by atoms with Crippen LogP contribution < -0.4 is 5.32 Å². The lowest BCUT2D eigenvalue weighted by Gasteiger charge is -2.34. The van der Waals surface area contributed by atoms with Gasteiger partial charge in [0.15, 0.2) is 0 Å². The zero-order chi connectivity index (χ0) is 21.4. The fourth-order valence-corrected chi connectivity index (χ4v) is 6.77. The zero-order valence-corrected chi connectivity index (χ0v) is 19.7. The number of hydrogen-bond acceptors (Lipinski definition) is 6. The molecule has 7 atom stereocenters. The molecular weight excluding hydrogens is 422 g/mol. The Kier molecular flexibility index (Phi) is 7.00. The number of rotatable bonds is 5. The number of ether oxygens (including phenoxy) is 3. The highest BCUT2D eigenvalue weighted by molar-refractivity contribution is 8.04. The lowest BCUT2D eigenvalue weighted by Crippen LogP contribution is -2.36. The summed E-state index contributed by atoms with van der Waals surface area (Å²) in [7, 11) is 1.70. The Morgan fingerprint density at radius 2 is 2.20 bits per heavy atom. The van der Waals surface area contributed by atoms with Crippen LogP contribution in [-0.2, 0) is 19.0 Å². The molecule has 7 heteroatoms. The van der Waals surface area contributed by atoms with Crippen LogP contribution in [0, 0.1) is 11.8 Å². The number of hydrogen-bond donors (Lipinski definition) is 1. The first-order valence-corrected chi connectivity index (χ1v) is 12.2. The number of fused-ring (bicyclic) bond motifs is 2. The average molecular weight is 454 g/mol. The summed E-state index contributed by atoms with van der Waals surface area (Å²) in [6, 6.07) is 0.0366. The van der Waals surface area contributed by atoms with Crippen LogP contribution in [0.1, 0.15) is 46.5 Å². The summed E-state index contributed by atoms with van der Waals surface area (Å²) in [5.41, 5.74) is 2.50. The van der Waals surface area contributed by atoms with Crippen molar-refractivity contribution in [3.8, 4) is 0 Å². The molecule has 4 aliphatic rings. The van der Waals surface area contributed by atoms with Crippen LogP contribution >= 0.6 is 23.4 Å². The standard InChI is InChI=1S/C23H32ClNO4S/c1-5-28-19(26)11-17-16-10-18(27-4)25-21(16)23-20(12(2)13(3)30-23)22(29-17)14-6-8-15(24)9-7-14/h8,10,12-14,17-18,21-22,25H,5-7,9,11H2,1-4H3. The number of halogens is 1. The van der Waals surface area contributed by atoms with Gasteiger partial charge in [-0.3, -0.25) is 10.1 Å². The van der Waals surface area contributed by atoms with Gasteiger partial charge in [-0.15, -0.1) is 11.8 Å². The van der Waals surface area contributed by atoms with Gasteiger partial charge in [-0.1, -0.05) is 31.5 Å². The summed E-state index contributed by atoms with van der Waals surface area (Å²) in [5.74, 6) is 0.569. The minimum Gasteiger partial charge on any atom is -0.466 e. The van der Waals surface area contributed by atoms with Crippen molar-refractivity contribution in [1.82, 2.24) is 5.32 Å². The third kappa shape index (κ3) is 4.26. The van der Waals surface area contributed by atoms with Crippen LogP contribution in [0.4, 0.5) is 0 Å². The van der Waals surface area contributed by atoms with Crippen molar-refractivity contribution in [1.29, 1.82) is 0 Å². The number of allylic oxidation sites excluding steroid dienone is 2. The Hall–Kier alpha value is -0.790. The van der Waals surface area contributed by atoms with Crippen molar-refractivity contribution in [2.75, 3.05) is 13.7 Å². The molecule has 0 aromatic carbocycles. The number of carbonyl (C=O) groups is 1.